The van der Waals surface area contributed by atoms with Crippen molar-refractivity contribution in [3.05, 3.63) is 12.2 Å². The van der Waals surface area contributed by atoms with Gasteiger partial charge < -0.3 is 0 Å². The van der Waals surface area contributed by atoms with E-state index in [1.54, 1.807) is 0 Å². The zero-order valence-electron chi connectivity index (χ0n) is 7.15. The topological polar surface area (TPSA) is 0 Å². The van der Waals surface area contributed by atoms with Crippen molar-refractivity contribution in [2.45, 2.75) is 33.6 Å². The SMILES string of the molecule is CC=CC(C)C12CC1(C)C2. The van der Waals surface area contributed by atoms with Crippen molar-refractivity contribution in [3.63, 3.8) is 0 Å². The van der Waals surface area contributed by atoms with Crippen LogP contribution in [0.3, 0.4) is 0 Å². The second kappa shape index (κ2) is 1.49. The Balaban J connectivity index is 2.03. The van der Waals surface area contributed by atoms with Gasteiger partial charge in [0.15, 0.2) is 0 Å². The standard InChI is InChI=1S/C10H16/c1-4-5-8(2)10-6-9(10,3)7-10/h4-5,8H,6-7H2,1-3H3. The Labute approximate surface area is 63.3 Å². The highest BCUT2D eigenvalue weighted by Gasteiger charge is 2.80. The monoisotopic (exact) mass is 136 g/mol. The second-order valence-electron chi connectivity index (χ2n) is 4.38. The summed E-state index contributed by atoms with van der Waals surface area (Å²) in [5.41, 5.74) is 1.56. The summed E-state index contributed by atoms with van der Waals surface area (Å²) in [6.07, 6.45) is 7.53. The van der Waals surface area contributed by atoms with Gasteiger partial charge in [0.05, 0.1) is 0 Å². The molecule has 0 radical (unpaired) electrons. The molecule has 0 N–H and O–H groups in total. The number of allylic oxidation sites excluding steroid dienone is 2. The fourth-order valence-corrected chi connectivity index (χ4v) is 2.60. The lowest BCUT2D eigenvalue weighted by Crippen LogP contribution is -1.98. The fourth-order valence-electron chi connectivity index (χ4n) is 2.60. The Bertz CT molecular complexity index is 182. The van der Waals surface area contributed by atoms with Gasteiger partial charge in [-0.1, -0.05) is 26.0 Å². The number of fused-ring (bicyclic) bond motifs is 1. The predicted molar refractivity (Wildman–Crippen MR) is 43.8 cm³/mol. The maximum absolute atomic E-state index is 2.42. The van der Waals surface area contributed by atoms with Gasteiger partial charge in [0.25, 0.3) is 0 Å². The first-order valence-corrected chi connectivity index (χ1v) is 4.27. The lowest BCUT2D eigenvalue weighted by Gasteiger charge is -2.07. The van der Waals surface area contributed by atoms with Gasteiger partial charge in [-0.2, -0.15) is 0 Å². The van der Waals surface area contributed by atoms with Crippen molar-refractivity contribution in [3.8, 4) is 0 Å². The van der Waals surface area contributed by atoms with Crippen LogP contribution in [-0.2, 0) is 0 Å². The molecule has 2 aliphatic carbocycles. The highest BCUT2D eigenvalue weighted by atomic mass is 14.8. The summed E-state index contributed by atoms with van der Waals surface area (Å²) < 4.78 is 0. The zero-order valence-corrected chi connectivity index (χ0v) is 7.15. The molecule has 0 spiro atoms. The van der Waals surface area contributed by atoms with Crippen LogP contribution in [0.25, 0.3) is 0 Å². The maximum atomic E-state index is 2.42. The molecule has 56 valence electrons. The van der Waals surface area contributed by atoms with E-state index in [-0.39, 0.29) is 0 Å². The number of hydrogen-bond donors (Lipinski definition) is 0. The Hall–Kier alpha value is -0.260. The van der Waals surface area contributed by atoms with Gasteiger partial charge in [0, 0.05) is 0 Å². The van der Waals surface area contributed by atoms with Crippen LogP contribution in [0.4, 0.5) is 0 Å². The van der Waals surface area contributed by atoms with Gasteiger partial charge in [0.1, 0.15) is 0 Å². The molecular formula is C10H16. The van der Waals surface area contributed by atoms with E-state index in [9.17, 15) is 0 Å². The van der Waals surface area contributed by atoms with Crippen LogP contribution in [0.2, 0.25) is 0 Å². The van der Waals surface area contributed by atoms with Crippen molar-refractivity contribution in [1.82, 2.24) is 0 Å². The van der Waals surface area contributed by atoms with Gasteiger partial charge in [-0.15, -0.1) is 0 Å². The van der Waals surface area contributed by atoms with Crippen molar-refractivity contribution in [2.75, 3.05) is 0 Å². The zero-order chi connectivity index (χ0) is 7.41. The first-order chi connectivity index (χ1) is 4.65. The van der Waals surface area contributed by atoms with E-state index in [0.717, 1.165) is 16.7 Å². The number of rotatable bonds is 2. The van der Waals surface area contributed by atoms with Crippen molar-refractivity contribution >= 4 is 0 Å². The van der Waals surface area contributed by atoms with Crippen LogP contribution in [0, 0.1) is 16.7 Å². The third-order valence-corrected chi connectivity index (χ3v) is 3.72. The lowest BCUT2D eigenvalue weighted by molar-refractivity contribution is 0.504. The van der Waals surface area contributed by atoms with Gasteiger partial charge in [-0.05, 0) is 36.5 Å². The van der Waals surface area contributed by atoms with Crippen LogP contribution in [0.5, 0.6) is 0 Å². The average molecular weight is 136 g/mol. The minimum absolute atomic E-state index is 0.777. The van der Waals surface area contributed by atoms with E-state index >= 15 is 0 Å². The molecule has 0 aromatic heterocycles. The maximum Gasteiger partial charge on any atom is -0.0172 e. The predicted octanol–water partition coefficient (Wildman–Crippen LogP) is 3.00. The van der Waals surface area contributed by atoms with E-state index in [0.29, 0.717) is 0 Å². The molecule has 2 aliphatic rings. The molecule has 10 heavy (non-hydrogen) atoms. The van der Waals surface area contributed by atoms with E-state index in [4.69, 9.17) is 0 Å². The summed E-state index contributed by atoms with van der Waals surface area (Å²) >= 11 is 0. The second-order valence-corrected chi connectivity index (χ2v) is 4.38. The van der Waals surface area contributed by atoms with Gasteiger partial charge in [0.2, 0.25) is 0 Å². The van der Waals surface area contributed by atoms with E-state index in [2.05, 4.69) is 32.9 Å². The molecule has 0 nitrogen and oxygen atoms in total. The van der Waals surface area contributed by atoms with E-state index in [1.807, 2.05) is 0 Å². The molecular weight excluding hydrogens is 120 g/mol. The normalized spacial score (nSPS) is 52.7. The molecule has 0 heteroatoms. The van der Waals surface area contributed by atoms with Crippen LogP contribution in [0.15, 0.2) is 12.2 Å². The van der Waals surface area contributed by atoms with Gasteiger partial charge in [-0.3, -0.25) is 0 Å². The summed E-state index contributed by atoms with van der Waals surface area (Å²) in [5.74, 6) is 0.836. The molecule has 2 rings (SSSR count). The minimum Gasteiger partial charge on any atom is -0.0914 e. The van der Waals surface area contributed by atoms with Crippen molar-refractivity contribution in [2.24, 2.45) is 16.7 Å². The Morgan fingerprint density at radius 2 is 1.90 bits per heavy atom. The average Bonchev–Trinajstić information content (AvgIpc) is 2.53. The summed E-state index contributed by atoms with van der Waals surface area (Å²) in [7, 11) is 0. The quantitative estimate of drug-likeness (QED) is 0.512. The summed E-state index contributed by atoms with van der Waals surface area (Å²) in [5, 5.41) is 0. The number of hydrogen-bond acceptors (Lipinski definition) is 0. The van der Waals surface area contributed by atoms with Gasteiger partial charge in [-0.25, -0.2) is 0 Å². The molecule has 0 heterocycles. The lowest BCUT2D eigenvalue weighted by atomic mass is 9.98. The Morgan fingerprint density at radius 1 is 1.40 bits per heavy atom. The molecule has 0 aromatic carbocycles. The smallest absolute Gasteiger partial charge is 0.0172 e. The molecule has 0 aliphatic heterocycles. The molecule has 1 atom stereocenters. The third-order valence-electron chi connectivity index (χ3n) is 3.72. The van der Waals surface area contributed by atoms with Crippen LogP contribution < -0.4 is 0 Å². The fraction of sp³-hybridized carbons (Fsp3) is 0.800. The molecule has 0 aromatic rings. The Morgan fingerprint density at radius 3 is 2.20 bits per heavy atom. The molecule has 2 fully saturated rings. The van der Waals surface area contributed by atoms with Crippen LogP contribution >= 0.6 is 0 Å². The molecule has 0 saturated heterocycles. The molecule has 2 saturated carbocycles. The van der Waals surface area contributed by atoms with Crippen LogP contribution in [-0.4, -0.2) is 0 Å². The highest BCUT2D eigenvalue weighted by Crippen LogP contribution is 2.88. The minimum atomic E-state index is 0.777. The first-order valence-electron chi connectivity index (χ1n) is 4.27. The summed E-state index contributed by atoms with van der Waals surface area (Å²) in [4.78, 5) is 0. The summed E-state index contributed by atoms with van der Waals surface area (Å²) in [6, 6.07) is 0. The largest absolute Gasteiger partial charge is 0.0914 e. The van der Waals surface area contributed by atoms with Crippen LogP contribution in [0.1, 0.15) is 33.6 Å². The van der Waals surface area contributed by atoms with E-state index < -0.39 is 0 Å². The summed E-state index contributed by atoms with van der Waals surface area (Å²) in [6.45, 7) is 6.90. The molecule has 0 bridgehead atoms. The molecule has 1 unspecified atom stereocenters. The molecule has 0 amide bonds. The van der Waals surface area contributed by atoms with Gasteiger partial charge >= 0.3 is 0 Å². The highest BCUT2D eigenvalue weighted by molar-refractivity contribution is 5.31. The first kappa shape index (κ1) is 6.45. The van der Waals surface area contributed by atoms with E-state index in [1.165, 1.54) is 12.8 Å². The Kier molecular flexibility index (Phi) is 0.962. The van der Waals surface area contributed by atoms with Crippen molar-refractivity contribution in [1.29, 1.82) is 0 Å². The third kappa shape index (κ3) is 0.531. The van der Waals surface area contributed by atoms with Crippen molar-refractivity contribution < 1.29 is 0 Å².